The van der Waals surface area contributed by atoms with Gasteiger partial charge in [0, 0.05) is 11.5 Å². The molecule has 0 radical (unpaired) electrons. The van der Waals surface area contributed by atoms with E-state index in [0.717, 1.165) is 12.0 Å². The molecule has 3 aromatic rings. The zero-order valence-electron chi connectivity index (χ0n) is 18.1. The highest BCUT2D eigenvalue weighted by molar-refractivity contribution is 5.64. The highest BCUT2D eigenvalue weighted by atomic mass is 16.7. The first-order chi connectivity index (χ1) is 15.3. The van der Waals surface area contributed by atoms with Crippen molar-refractivity contribution in [2.24, 2.45) is 0 Å². The van der Waals surface area contributed by atoms with E-state index >= 15 is 0 Å². The van der Waals surface area contributed by atoms with Gasteiger partial charge in [0.1, 0.15) is 0 Å². The maximum absolute atomic E-state index is 8.93. The van der Waals surface area contributed by atoms with Crippen molar-refractivity contribution in [2.45, 2.75) is 44.8 Å². The Balaban J connectivity index is 1.34. The summed E-state index contributed by atoms with van der Waals surface area (Å²) in [6.45, 7) is 3.49. The summed E-state index contributed by atoms with van der Waals surface area (Å²) in [6.07, 6.45) is 4.63. The van der Waals surface area contributed by atoms with Crippen molar-refractivity contribution >= 4 is 0 Å². The molecular formula is C28H29NO2. The standard InChI is InChI=1S/C28H29NO2/c1-2-3-4-5-21-6-10-23(11-7-21)24-14-16-25(17-15-24)27-19-30-28(31-20-27)26-12-8-22(18-29)9-13-26/h6-17,27-28H,2-5,19-20H2,1H3. The van der Waals surface area contributed by atoms with E-state index in [-0.39, 0.29) is 12.2 Å². The summed E-state index contributed by atoms with van der Waals surface area (Å²) in [4.78, 5) is 0. The summed E-state index contributed by atoms with van der Waals surface area (Å²) in [7, 11) is 0. The minimum absolute atomic E-state index is 0.227. The van der Waals surface area contributed by atoms with Crippen LogP contribution in [0.4, 0.5) is 0 Å². The van der Waals surface area contributed by atoms with Crippen LogP contribution in [0.15, 0.2) is 72.8 Å². The first kappa shape index (κ1) is 21.3. The first-order valence-electron chi connectivity index (χ1n) is 11.2. The molecule has 4 rings (SSSR count). The number of rotatable bonds is 7. The summed E-state index contributed by atoms with van der Waals surface area (Å²) in [5.74, 6) is 0.227. The zero-order valence-corrected chi connectivity index (χ0v) is 18.1. The fourth-order valence-corrected chi connectivity index (χ4v) is 3.99. The second kappa shape index (κ2) is 10.4. The van der Waals surface area contributed by atoms with Gasteiger partial charge in [0.2, 0.25) is 0 Å². The molecule has 3 aromatic carbocycles. The highest BCUT2D eigenvalue weighted by Gasteiger charge is 2.24. The second-order valence-electron chi connectivity index (χ2n) is 8.21. The molecule has 0 atom stereocenters. The number of nitriles is 1. The van der Waals surface area contributed by atoms with Crippen LogP contribution in [0.5, 0.6) is 0 Å². The van der Waals surface area contributed by atoms with Crippen molar-refractivity contribution in [2.75, 3.05) is 13.2 Å². The predicted molar refractivity (Wildman–Crippen MR) is 124 cm³/mol. The van der Waals surface area contributed by atoms with Crippen LogP contribution >= 0.6 is 0 Å². The fourth-order valence-electron chi connectivity index (χ4n) is 3.99. The SMILES string of the molecule is CCCCCc1ccc(-c2ccc(C3COC(c4ccc(C#N)cc4)OC3)cc2)cc1. The molecule has 158 valence electrons. The minimum Gasteiger partial charge on any atom is -0.348 e. The smallest absolute Gasteiger partial charge is 0.183 e. The van der Waals surface area contributed by atoms with E-state index < -0.39 is 0 Å². The normalized spacial score (nSPS) is 18.5. The molecular weight excluding hydrogens is 382 g/mol. The molecule has 3 heteroatoms. The topological polar surface area (TPSA) is 42.2 Å². The van der Waals surface area contributed by atoms with Crippen LogP contribution in [0.2, 0.25) is 0 Å². The molecule has 31 heavy (non-hydrogen) atoms. The van der Waals surface area contributed by atoms with Crippen LogP contribution in [0, 0.1) is 11.3 Å². The van der Waals surface area contributed by atoms with Crippen LogP contribution in [0.3, 0.4) is 0 Å². The van der Waals surface area contributed by atoms with Crippen molar-refractivity contribution in [3.8, 4) is 17.2 Å². The number of hydrogen-bond acceptors (Lipinski definition) is 3. The lowest BCUT2D eigenvalue weighted by molar-refractivity contribution is -0.191. The maximum atomic E-state index is 8.93. The third kappa shape index (κ3) is 5.41. The summed E-state index contributed by atoms with van der Waals surface area (Å²) in [6, 6.07) is 27.2. The molecule has 0 spiro atoms. The molecule has 0 aromatic heterocycles. The number of hydrogen-bond donors (Lipinski definition) is 0. The average molecular weight is 412 g/mol. The summed E-state index contributed by atoms with van der Waals surface area (Å²) in [5.41, 5.74) is 6.73. The van der Waals surface area contributed by atoms with Gasteiger partial charge in [0.25, 0.3) is 0 Å². The molecule has 0 aliphatic carbocycles. The van der Waals surface area contributed by atoms with Crippen molar-refractivity contribution in [1.29, 1.82) is 5.26 Å². The lowest BCUT2D eigenvalue weighted by Crippen LogP contribution is -2.25. The van der Waals surface area contributed by atoms with Crippen molar-refractivity contribution < 1.29 is 9.47 Å². The van der Waals surface area contributed by atoms with Crippen LogP contribution in [-0.2, 0) is 15.9 Å². The lowest BCUT2D eigenvalue weighted by atomic mass is 9.96. The molecule has 0 saturated carbocycles. The molecule has 0 unspecified atom stereocenters. The van der Waals surface area contributed by atoms with Gasteiger partial charge in [-0.2, -0.15) is 5.26 Å². The molecule has 1 saturated heterocycles. The van der Waals surface area contributed by atoms with E-state index in [0.29, 0.717) is 18.8 Å². The Morgan fingerprint density at radius 3 is 1.94 bits per heavy atom. The Morgan fingerprint density at radius 2 is 1.35 bits per heavy atom. The molecule has 1 fully saturated rings. The summed E-state index contributed by atoms with van der Waals surface area (Å²) in [5, 5.41) is 8.93. The van der Waals surface area contributed by atoms with Gasteiger partial charge in [-0.25, -0.2) is 0 Å². The Hall–Kier alpha value is -2.93. The largest absolute Gasteiger partial charge is 0.348 e. The number of unbranched alkanes of at least 4 members (excludes halogenated alkanes) is 2. The average Bonchev–Trinajstić information content (AvgIpc) is 2.85. The van der Waals surface area contributed by atoms with Gasteiger partial charge in [-0.15, -0.1) is 0 Å². The van der Waals surface area contributed by atoms with Crippen LogP contribution in [0.1, 0.15) is 60.6 Å². The number of ether oxygens (including phenoxy) is 2. The molecule has 0 amide bonds. The summed E-state index contributed by atoms with van der Waals surface area (Å²) >= 11 is 0. The van der Waals surface area contributed by atoms with Crippen molar-refractivity contribution in [1.82, 2.24) is 0 Å². The number of aryl methyl sites for hydroxylation is 1. The third-order valence-corrected chi connectivity index (χ3v) is 5.95. The van der Waals surface area contributed by atoms with E-state index in [1.165, 1.54) is 41.5 Å². The van der Waals surface area contributed by atoms with Gasteiger partial charge >= 0.3 is 0 Å². The van der Waals surface area contributed by atoms with Crippen molar-refractivity contribution in [3.63, 3.8) is 0 Å². The highest BCUT2D eigenvalue weighted by Crippen LogP contribution is 2.31. The first-order valence-corrected chi connectivity index (χ1v) is 11.2. The molecule has 0 bridgehead atoms. The Kier molecular flexibility index (Phi) is 7.14. The molecule has 0 N–H and O–H groups in total. The number of benzene rings is 3. The quantitative estimate of drug-likeness (QED) is 0.402. The lowest BCUT2D eigenvalue weighted by Gasteiger charge is -2.30. The molecule has 3 nitrogen and oxygen atoms in total. The van der Waals surface area contributed by atoms with Gasteiger partial charge in [-0.1, -0.05) is 80.4 Å². The van der Waals surface area contributed by atoms with Crippen molar-refractivity contribution in [3.05, 3.63) is 95.1 Å². The Labute approximate surface area is 185 Å². The van der Waals surface area contributed by atoms with Gasteiger partial charge < -0.3 is 9.47 Å². The molecule has 1 aliphatic heterocycles. The summed E-state index contributed by atoms with van der Waals surface area (Å²) < 4.78 is 11.9. The van der Waals surface area contributed by atoms with Gasteiger partial charge in [0.15, 0.2) is 6.29 Å². The maximum Gasteiger partial charge on any atom is 0.183 e. The van der Waals surface area contributed by atoms with Crippen LogP contribution < -0.4 is 0 Å². The van der Waals surface area contributed by atoms with E-state index in [1.807, 2.05) is 12.1 Å². The minimum atomic E-state index is -0.362. The van der Waals surface area contributed by atoms with Gasteiger partial charge in [-0.05, 0) is 47.2 Å². The van der Waals surface area contributed by atoms with E-state index in [9.17, 15) is 0 Å². The second-order valence-corrected chi connectivity index (χ2v) is 8.21. The van der Waals surface area contributed by atoms with E-state index in [2.05, 4.69) is 61.5 Å². The van der Waals surface area contributed by atoms with Gasteiger partial charge in [0.05, 0.1) is 24.8 Å². The fraction of sp³-hybridized carbons (Fsp3) is 0.321. The molecule has 1 heterocycles. The van der Waals surface area contributed by atoms with Crippen LogP contribution in [0.25, 0.3) is 11.1 Å². The Morgan fingerprint density at radius 1 is 0.774 bits per heavy atom. The van der Waals surface area contributed by atoms with E-state index in [4.69, 9.17) is 14.7 Å². The molecule has 1 aliphatic rings. The zero-order chi connectivity index (χ0) is 21.5. The van der Waals surface area contributed by atoms with Gasteiger partial charge in [-0.3, -0.25) is 0 Å². The monoisotopic (exact) mass is 411 g/mol. The van der Waals surface area contributed by atoms with E-state index in [1.54, 1.807) is 12.1 Å². The van der Waals surface area contributed by atoms with Crippen LogP contribution in [-0.4, -0.2) is 13.2 Å². The Bertz CT molecular complexity index is 993. The third-order valence-electron chi connectivity index (χ3n) is 5.95. The number of nitrogens with zero attached hydrogens (tertiary/aromatic N) is 1. The predicted octanol–water partition coefficient (Wildman–Crippen LogP) is 6.79.